The number of anilines is 3. The number of halogens is 1. The van der Waals surface area contributed by atoms with E-state index < -0.39 is 0 Å². The lowest BCUT2D eigenvalue weighted by Gasteiger charge is -2.11. The van der Waals surface area contributed by atoms with Crippen molar-refractivity contribution in [2.75, 3.05) is 10.6 Å². The third kappa shape index (κ3) is 5.46. The Bertz CT molecular complexity index is 927. The Balaban J connectivity index is 1.68. The van der Waals surface area contributed by atoms with Crippen LogP contribution in [0.25, 0.3) is 0 Å². The lowest BCUT2D eigenvalue weighted by atomic mass is 10.2. The van der Waals surface area contributed by atoms with E-state index >= 15 is 0 Å². The van der Waals surface area contributed by atoms with E-state index in [1.54, 1.807) is 42.6 Å². The van der Waals surface area contributed by atoms with Crippen molar-refractivity contribution in [3.8, 4) is 5.75 Å². The SMILES string of the molecule is CC(C)Oc1ccc(Nc2ccnc(C(=O)Nc3cccc(Cl)c3)c2)cc1. The first-order valence-electron chi connectivity index (χ1n) is 8.56. The zero-order chi connectivity index (χ0) is 19.2. The molecule has 0 bridgehead atoms. The maximum absolute atomic E-state index is 12.4. The standard InChI is InChI=1S/C21H20ClN3O2/c1-14(2)27-19-8-6-16(7-9-19)24-18-10-11-23-20(13-18)21(26)25-17-5-3-4-15(22)12-17/h3-14H,1-2H3,(H,23,24)(H,25,26). The van der Waals surface area contributed by atoms with Gasteiger partial charge < -0.3 is 15.4 Å². The summed E-state index contributed by atoms with van der Waals surface area (Å²) >= 11 is 5.94. The first-order valence-corrected chi connectivity index (χ1v) is 8.94. The van der Waals surface area contributed by atoms with Gasteiger partial charge in [0.1, 0.15) is 11.4 Å². The molecule has 1 amide bonds. The van der Waals surface area contributed by atoms with Crippen LogP contribution in [0, 0.1) is 0 Å². The van der Waals surface area contributed by atoms with Gasteiger partial charge in [-0.15, -0.1) is 0 Å². The van der Waals surface area contributed by atoms with E-state index in [0.717, 1.165) is 17.1 Å². The second-order valence-corrected chi connectivity index (χ2v) is 6.65. The average Bonchev–Trinajstić information content (AvgIpc) is 2.63. The fraction of sp³-hybridized carbons (Fsp3) is 0.143. The quantitative estimate of drug-likeness (QED) is 0.590. The minimum absolute atomic E-state index is 0.129. The molecule has 2 N–H and O–H groups in total. The van der Waals surface area contributed by atoms with Gasteiger partial charge in [-0.05, 0) is 68.4 Å². The number of rotatable bonds is 6. The number of carbonyl (C=O) groups excluding carboxylic acids is 1. The molecule has 0 fully saturated rings. The number of nitrogens with zero attached hydrogens (tertiary/aromatic N) is 1. The van der Waals surface area contributed by atoms with Crippen molar-refractivity contribution in [3.05, 3.63) is 77.6 Å². The molecule has 0 spiro atoms. The molecule has 0 saturated heterocycles. The van der Waals surface area contributed by atoms with Crippen LogP contribution in [-0.4, -0.2) is 17.0 Å². The van der Waals surface area contributed by atoms with Crippen molar-refractivity contribution in [2.24, 2.45) is 0 Å². The van der Waals surface area contributed by atoms with Crippen molar-refractivity contribution < 1.29 is 9.53 Å². The van der Waals surface area contributed by atoms with E-state index in [4.69, 9.17) is 16.3 Å². The molecule has 0 saturated carbocycles. The van der Waals surface area contributed by atoms with Crippen LogP contribution in [0.2, 0.25) is 5.02 Å². The van der Waals surface area contributed by atoms with Crippen molar-refractivity contribution in [1.82, 2.24) is 4.98 Å². The number of nitrogens with one attached hydrogen (secondary N) is 2. The van der Waals surface area contributed by atoms with E-state index in [0.29, 0.717) is 16.4 Å². The summed E-state index contributed by atoms with van der Waals surface area (Å²) in [5.41, 5.74) is 2.57. The van der Waals surface area contributed by atoms with E-state index in [1.165, 1.54) is 0 Å². The molecule has 0 aliphatic carbocycles. The molecule has 1 heterocycles. The first-order chi connectivity index (χ1) is 13.0. The van der Waals surface area contributed by atoms with Crippen LogP contribution in [0.1, 0.15) is 24.3 Å². The van der Waals surface area contributed by atoms with Gasteiger partial charge in [-0.3, -0.25) is 9.78 Å². The van der Waals surface area contributed by atoms with Crippen molar-refractivity contribution in [3.63, 3.8) is 0 Å². The third-order valence-corrected chi connectivity index (χ3v) is 3.82. The zero-order valence-corrected chi connectivity index (χ0v) is 15.8. The fourth-order valence-electron chi connectivity index (χ4n) is 2.45. The number of carbonyl (C=O) groups is 1. The topological polar surface area (TPSA) is 63.2 Å². The number of ether oxygens (including phenoxy) is 1. The van der Waals surface area contributed by atoms with E-state index in [2.05, 4.69) is 15.6 Å². The molecule has 0 aliphatic rings. The summed E-state index contributed by atoms with van der Waals surface area (Å²) in [5, 5.41) is 6.60. The summed E-state index contributed by atoms with van der Waals surface area (Å²) in [6, 6.07) is 18.1. The monoisotopic (exact) mass is 381 g/mol. The van der Waals surface area contributed by atoms with Gasteiger partial charge in [0, 0.05) is 28.3 Å². The zero-order valence-electron chi connectivity index (χ0n) is 15.1. The summed E-state index contributed by atoms with van der Waals surface area (Å²) in [7, 11) is 0. The molecule has 2 aromatic carbocycles. The first kappa shape index (κ1) is 18.7. The van der Waals surface area contributed by atoms with Crippen LogP contribution >= 0.6 is 11.6 Å². The second kappa shape index (κ2) is 8.56. The van der Waals surface area contributed by atoms with Gasteiger partial charge in [-0.25, -0.2) is 0 Å². The third-order valence-electron chi connectivity index (χ3n) is 3.59. The largest absolute Gasteiger partial charge is 0.491 e. The van der Waals surface area contributed by atoms with E-state index in [9.17, 15) is 4.79 Å². The minimum atomic E-state index is -0.304. The smallest absolute Gasteiger partial charge is 0.274 e. The Morgan fingerprint density at radius 1 is 1.00 bits per heavy atom. The molecule has 0 unspecified atom stereocenters. The highest BCUT2D eigenvalue weighted by Gasteiger charge is 2.09. The van der Waals surface area contributed by atoms with Crippen LogP contribution in [0.15, 0.2) is 66.9 Å². The van der Waals surface area contributed by atoms with Gasteiger partial charge in [-0.1, -0.05) is 17.7 Å². The normalized spacial score (nSPS) is 10.5. The number of hydrogen-bond donors (Lipinski definition) is 2. The Morgan fingerprint density at radius 3 is 2.48 bits per heavy atom. The molecular weight excluding hydrogens is 362 g/mol. The van der Waals surface area contributed by atoms with Gasteiger partial charge >= 0.3 is 0 Å². The Hall–Kier alpha value is -3.05. The van der Waals surface area contributed by atoms with Gasteiger partial charge in [0.05, 0.1) is 6.10 Å². The summed E-state index contributed by atoms with van der Waals surface area (Å²) in [6.45, 7) is 3.97. The summed E-state index contributed by atoms with van der Waals surface area (Å²) in [4.78, 5) is 16.6. The van der Waals surface area contributed by atoms with E-state index in [-0.39, 0.29) is 12.0 Å². The van der Waals surface area contributed by atoms with Crippen LogP contribution in [-0.2, 0) is 0 Å². The van der Waals surface area contributed by atoms with Crippen molar-refractivity contribution in [2.45, 2.75) is 20.0 Å². The minimum Gasteiger partial charge on any atom is -0.491 e. The second-order valence-electron chi connectivity index (χ2n) is 6.21. The van der Waals surface area contributed by atoms with Crippen LogP contribution < -0.4 is 15.4 Å². The molecule has 0 radical (unpaired) electrons. The van der Waals surface area contributed by atoms with Crippen LogP contribution in [0.4, 0.5) is 17.1 Å². The fourth-order valence-corrected chi connectivity index (χ4v) is 2.64. The maximum atomic E-state index is 12.4. The summed E-state index contributed by atoms with van der Waals surface area (Å²) in [5.74, 6) is 0.508. The number of aromatic nitrogens is 1. The molecule has 138 valence electrons. The number of hydrogen-bond acceptors (Lipinski definition) is 4. The molecule has 0 atom stereocenters. The molecule has 0 aliphatic heterocycles. The van der Waals surface area contributed by atoms with Crippen molar-refractivity contribution in [1.29, 1.82) is 0 Å². The number of amides is 1. The van der Waals surface area contributed by atoms with Gasteiger partial charge in [0.15, 0.2) is 0 Å². The molecule has 6 heteroatoms. The van der Waals surface area contributed by atoms with Gasteiger partial charge in [0.2, 0.25) is 0 Å². The van der Waals surface area contributed by atoms with Crippen molar-refractivity contribution >= 4 is 34.6 Å². The lowest BCUT2D eigenvalue weighted by Crippen LogP contribution is -2.13. The average molecular weight is 382 g/mol. The Morgan fingerprint density at radius 2 is 1.78 bits per heavy atom. The molecular formula is C21H20ClN3O2. The maximum Gasteiger partial charge on any atom is 0.274 e. The number of benzene rings is 2. The molecule has 27 heavy (non-hydrogen) atoms. The molecule has 3 rings (SSSR count). The predicted octanol–water partition coefficient (Wildman–Crippen LogP) is 5.52. The predicted molar refractivity (Wildman–Crippen MR) is 109 cm³/mol. The number of pyridine rings is 1. The summed E-state index contributed by atoms with van der Waals surface area (Å²) in [6.07, 6.45) is 1.72. The molecule has 5 nitrogen and oxygen atoms in total. The highest BCUT2D eigenvalue weighted by Crippen LogP contribution is 2.21. The van der Waals surface area contributed by atoms with Crippen LogP contribution in [0.5, 0.6) is 5.75 Å². The van der Waals surface area contributed by atoms with E-state index in [1.807, 2.05) is 38.1 Å². The van der Waals surface area contributed by atoms with Crippen LogP contribution in [0.3, 0.4) is 0 Å². The highest BCUT2D eigenvalue weighted by atomic mass is 35.5. The highest BCUT2D eigenvalue weighted by molar-refractivity contribution is 6.30. The molecule has 3 aromatic rings. The molecule has 1 aromatic heterocycles. The Labute approximate surface area is 163 Å². The lowest BCUT2D eigenvalue weighted by molar-refractivity contribution is 0.102. The summed E-state index contributed by atoms with van der Waals surface area (Å²) < 4.78 is 5.63. The van der Waals surface area contributed by atoms with Gasteiger partial charge in [0.25, 0.3) is 5.91 Å². The van der Waals surface area contributed by atoms with Gasteiger partial charge in [-0.2, -0.15) is 0 Å². The Kier molecular flexibility index (Phi) is 5.94.